The van der Waals surface area contributed by atoms with Gasteiger partial charge in [0.1, 0.15) is 5.82 Å². The number of imidazole rings is 1. The third-order valence-corrected chi connectivity index (χ3v) is 4.04. The van der Waals surface area contributed by atoms with E-state index < -0.39 is 0 Å². The van der Waals surface area contributed by atoms with Crippen molar-refractivity contribution in [3.05, 3.63) is 58.9 Å². The molecule has 96 valence electrons. The van der Waals surface area contributed by atoms with Crippen molar-refractivity contribution < 1.29 is 4.39 Å². The molecule has 0 aliphatic heterocycles. The van der Waals surface area contributed by atoms with Crippen LogP contribution in [0.2, 0.25) is 5.02 Å². The summed E-state index contributed by atoms with van der Waals surface area (Å²) in [4.78, 5) is 7.62. The van der Waals surface area contributed by atoms with Crippen molar-refractivity contribution >= 4 is 34.4 Å². The first-order chi connectivity index (χ1) is 9.24. The average Bonchev–Trinajstić information content (AvgIpc) is 2.81. The molecule has 0 spiro atoms. The Labute approximate surface area is 119 Å². The highest BCUT2D eigenvalue weighted by molar-refractivity contribution is 7.98. The van der Waals surface area contributed by atoms with Gasteiger partial charge in [0.05, 0.1) is 11.0 Å². The maximum absolute atomic E-state index is 13.6. The van der Waals surface area contributed by atoms with Gasteiger partial charge in [-0.15, -0.1) is 0 Å². The van der Waals surface area contributed by atoms with E-state index in [1.165, 1.54) is 17.8 Å². The van der Waals surface area contributed by atoms with E-state index in [2.05, 4.69) is 9.97 Å². The summed E-state index contributed by atoms with van der Waals surface area (Å²) in [5, 5.41) is 1.21. The predicted molar refractivity (Wildman–Crippen MR) is 77.1 cm³/mol. The van der Waals surface area contributed by atoms with E-state index >= 15 is 0 Å². The van der Waals surface area contributed by atoms with Gasteiger partial charge < -0.3 is 4.98 Å². The predicted octanol–water partition coefficient (Wildman–Crippen LogP) is 4.65. The second-order valence-electron chi connectivity index (χ2n) is 4.05. The average molecular weight is 293 g/mol. The lowest BCUT2D eigenvalue weighted by atomic mass is 10.2. The number of aromatic amines is 1. The zero-order valence-electron chi connectivity index (χ0n) is 9.86. The standard InChI is InChI=1S/C14H10ClFN2S/c15-10-4-3-5-11(16)9(10)8-19-14-17-12-6-1-2-7-13(12)18-14/h1-7H,8H2,(H,17,18). The summed E-state index contributed by atoms with van der Waals surface area (Å²) in [6.45, 7) is 0. The van der Waals surface area contributed by atoms with Crippen LogP contribution >= 0.6 is 23.4 Å². The highest BCUT2D eigenvalue weighted by Gasteiger charge is 2.09. The van der Waals surface area contributed by atoms with Gasteiger partial charge >= 0.3 is 0 Å². The topological polar surface area (TPSA) is 28.7 Å². The van der Waals surface area contributed by atoms with Crippen LogP contribution < -0.4 is 0 Å². The molecule has 0 unspecified atom stereocenters. The molecular formula is C14H10ClFN2S. The first-order valence-electron chi connectivity index (χ1n) is 5.74. The first-order valence-corrected chi connectivity index (χ1v) is 7.11. The van der Waals surface area contributed by atoms with Gasteiger partial charge in [0.2, 0.25) is 0 Å². The number of benzene rings is 2. The van der Waals surface area contributed by atoms with Crippen LogP contribution in [-0.2, 0) is 5.75 Å². The first kappa shape index (κ1) is 12.5. The minimum absolute atomic E-state index is 0.281. The van der Waals surface area contributed by atoms with Crippen molar-refractivity contribution in [1.29, 1.82) is 0 Å². The lowest BCUT2D eigenvalue weighted by Crippen LogP contribution is -1.89. The van der Waals surface area contributed by atoms with E-state index in [-0.39, 0.29) is 5.82 Å². The molecule has 1 aromatic heterocycles. The summed E-state index contributed by atoms with van der Waals surface area (Å²) in [5.74, 6) is 0.168. The smallest absolute Gasteiger partial charge is 0.166 e. The van der Waals surface area contributed by atoms with Gasteiger partial charge in [-0.3, -0.25) is 0 Å². The fourth-order valence-corrected chi connectivity index (χ4v) is 3.04. The number of nitrogens with zero attached hydrogens (tertiary/aromatic N) is 1. The molecule has 0 radical (unpaired) electrons. The Morgan fingerprint density at radius 1 is 1.16 bits per heavy atom. The molecule has 0 fully saturated rings. The number of para-hydroxylation sites is 2. The molecule has 1 N–H and O–H groups in total. The Bertz CT molecular complexity index is 673. The molecule has 0 atom stereocenters. The minimum Gasteiger partial charge on any atom is -0.333 e. The maximum atomic E-state index is 13.6. The van der Waals surface area contributed by atoms with Gasteiger partial charge in [-0.25, -0.2) is 9.37 Å². The molecule has 1 heterocycles. The molecular weight excluding hydrogens is 283 g/mol. The van der Waals surface area contributed by atoms with Crippen LogP contribution in [0.25, 0.3) is 11.0 Å². The molecule has 0 saturated carbocycles. The van der Waals surface area contributed by atoms with E-state index in [0.717, 1.165) is 16.2 Å². The number of rotatable bonds is 3. The monoisotopic (exact) mass is 292 g/mol. The third-order valence-electron chi connectivity index (χ3n) is 2.78. The summed E-state index contributed by atoms with van der Waals surface area (Å²) in [5.41, 5.74) is 2.39. The fraction of sp³-hybridized carbons (Fsp3) is 0.0714. The van der Waals surface area contributed by atoms with Gasteiger partial charge in [-0.2, -0.15) is 0 Å². The highest BCUT2D eigenvalue weighted by Crippen LogP contribution is 2.28. The number of thioether (sulfide) groups is 1. The highest BCUT2D eigenvalue weighted by atomic mass is 35.5. The Kier molecular flexibility index (Phi) is 3.44. The molecule has 0 aliphatic rings. The Morgan fingerprint density at radius 2 is 2.00 bits per heavy atom. The largest absolute Gasteiger partial charge is 0.333 e. The van der Waals surface area contributed by atoms with Crippen molar-refractivity contribution in [2.75, 3.05) is 0 Å². The van der Waals surface area contributed by atoms with Crippen LogP contribution in [-0.4, -0.2) is 9.97 Å². The number of aromatic nitrogens is 2. The minimum atomic E-state index is -0.281. The molecule has 3 aromatic rings. The van der Waals surface area contributed by atoms with Crippen LogP contribution in [0.5, 0.6) is 0 Å². The van der Waals surface area contributed by atoms with E-state index in [1.807, 2.05) is 24.3 Å². The number of halogens is 2. The molecule has 19 heavy (non-hydrogen) atoms. The lowest BCUT2D eigenvalue weighted by Gasteiger charge is -2.03. The Hall–Kier alpha value is -1.52. The number of hydrogen-bond donors (Lipinski definition) is 1. The third kappa shape index (κ3) is 2.60. The number of hydrogen-bond acceptors (Lipinski definition) is 2. The molecule has 0 bridgehead atoms. The zero-order valence-corrected chi connectivity index (χ0v) is 11.4. The van der Waals surface area contributed by atoms with Gasteiger partial charge in [0.25, 0.3) is 0 Å². The quantitative estimate of drug-likeness (QED) is 0.712. The summed E-state index contributed by atoms with van der Waals surface area (Å²) < 4.78 is 13.6. The van der Waals surface area contributed by atoms with Gasteiger partial charge in [0.15, 0.2) is 5.16 Å². The normalized spacial score (nSPS) is 11.1. The van der Waals surface area contributed by atoms with Gasteiger partial charge in [0, 0.05) is 16.3 Å². The van der Waals surface area contributed by atoms with Crippen molar-refractivity contribution in [1.82, 2.24) is 9.97 Å². The fourth-order valence-electron chi connectivity index (χ4n) is 1.81. The van der Waals surface area contributed by atoms with Crippen LogP contribution in [0, 0.1) is 5.82 Å². The van der Waals surface area contributed by atoms with Crippen molar-refractivity contribution in [3.63, 3.8) is 0 Å². The van der Waals surface area contributed by atoms with E-state index in [9.17, 15) is 4.39 Å². The molecule has 2 aromatic carbocycles. The molecule has 2 nitrogen and oxygen atoms in total. The van der Waals surface area contributed by atoms with Crippen LogP contribution in [0.1, 0.15) is 5.56 Å². The summed E-state index contributed by atoms with van der Waals surface area (Å²) in [7, 11) is 0. The van der Waals surface area contributed by atoms with E-state index in [4.69, 9.17) is 11.6 Å². The molecule has 0 aliphatic carbocycles. The van der Waals surface area contributed by atoms with Crippen LogP contribution in [0.3, 0.4) is 0 Å². The maximum Gasteiger partial charge on any atom is 0.166 e. The number of fused-ring (bicyclic) bond motifs is 1. The summed E-state index contributed by atoms with van der Waals surface area (Å²) in [6.07, 6.45) is 0. The molecule has 0 amide bonds. The second kappa shape index (κ2) is 5.23. The molecule has 5 heteroatoms. The SMILES string of the molecule is Fc1cccc(Cl)c1CSc1nc2ccccc2[nH]1. The summed E-state index contributed by atoms with van der Waals surface area (Å²) >= 11 is 7.43. The number of nitrogens with one attached hydrogen (secondary N) is 1. The van der Waals surface area contributed by atoms with Gasteiger partial charge in [-0.05, 0) is 24.3 Å². The molecule has 3 rings (SSSR count). The Morgan fingerprint density at radius 3 is 2.79 bits per heavy atom. The number of H-pyrrole nitrogens is 1. The second-order valence-corrected chi connectivity index (χ2v) is 5.42. The van der Waals surface area contributed by atoms with Crippen molar-refractivity contribution in [2.24, 2.45) is 0 Å². The van der Waals surface area contributed by atoms with E-state index in [0.29, 0.717) is 16.3 Å². The summed E-state index contributed by atoms with van der Waals surface area (Å²) in [6, 6.07) is 12.5. The molecule has 0 saturated heterocycles. The van der Waals surface area contributed by atoms with Gasteiger partial charge in [-0.1, -0.05) is 41.6 Å². The van der Waals surface area contributed by atoms with E-state index in [1.54, 1.807) is 12.1 Å². The zero-order chi connectivity index (χ0) is 13.2. The van der Waals surface area contributed by atoms with Crippen LogP contribution in [0.15, 0.2) is 47.6 Å². The van der Waals surface area contributed by atoms with Crippen molar-refractivity contribution in [3.8, 4) is 0 Å². The lowest BCUT2D eigenvalue weighted by molar-refractivity contribution is 0.617. The Balaban J connectivity index is 1.82. The van der Waals surface area contributed by atoms with Crippen molar-refractivity contribution in [2.45, 2.75) is 10.9 Å². The van der Waals surface area contributed by atoms with Crippen LogP contribution in [0.4, 0.5) is 4.39 Å².